The van der Waals surface area contributed by atoms with E-state index in [0.717, 1.165) is 45.0 Å². The molecule has 0 bridgehead atoms. The molecule has 6 aromatic rings. The SMILES string of the molecule is Cc1cc(OCCO)ccc1C(O)CCc1nc(-c2ccc(Cl)cc2Cl)oc1C(C)CC(C)c1nc(-c2ccc(C(F)(F)F)cc2)sc1CCC(O)c1ccc(OC(C)(C)CO)cc1C. The largest absolute Gasteiger partial charge is 0.491 e. The third kappa shape index (κ3) is 12.7. The molecule has 65 heavy (non-hydrogen) atoms. The van der Waals surface area contributed by atoms with Gasteiger partial charge in [-0.3, -0.25) is 0 Å². The molecule has 0 saturated carbocycles. The van der Waals surface area contributed by atoms with Gasteiger partial charge in [0.25, 0.3) is 0 Å². The lowest BCUT2D eigenvalue weighted by atomic mass is 9.90. The molecular weight excluding hydrogens is 901 g/mol. The maximum Gasteiger partial charge on any atom is 0.416 e. The number of hydrogen-bond acceptors (Lipinski definition) is 10. The number of nitrogens with zero attached hydrogens (tertiary/aromatic N) is 2. The summed E-state index contributed by atoms with van der Waals surface area (Å²) in [7, 11) is 0. The number of aliphatic hydroxyl groups is 4. The van der Waals surface area contributed by atoms with Crippen molar-refractivity contribution >= 4 is 34.5 Å². The number of hydrogen-bond donors (Lipinski definition) is 4. The fraction of sp³-hybridized carbons (Fsp3) is 0.400. The topological polar surface area (TPSA) is 138 Å². The van der Waals surface area contributed by atoms with Crippen LogP contribution in [0.15, 0.2) is 83.3 Å². The Labute approximate surface area is 391 Å². The molecule has 2 heterocycles. The van der Waals surface area contributed by atoms with Gasteiger partial charge in [-0.05, 0) is 137 Å². The molecule has 9 nitrogen and oxygen atoms in total. The van der Waals surface area contributed by atoms with Crippen LogP contribution in [0.5, 0.6) is 11.5 Å². The number of aryl methyl sites for hydroxylation is 4. The minimum atomic E-state index is -4.48. The first-order valence-electron chi connectivity index (χ1n) is 21.5. The molecule has 4 aromatic carbocycles. The van der Waals surface area contributed by atoms with E-state index in [0.29, 0.717) is 87.1 Å². The van der Waals surface area contributed by atoms with E-state index < -0.39 is 29.5 Å². The van der Waals surface area contributed by atoms with Crippen LogP contribution in [0.1, 0.15) is 121 Å². The van der Waals surface area contributed by atoms with E-state index in [-0.39, 0.29) is 31.7 Å². The third-order valence-electron chi connectivity index (χ3n) is 11.3. The van der Waals surface area contributed by atoms with E-state index in [9.17, 15) is 28.5 Å². The van der Waals surface area contributed by atoms with Crippen molar-refractivity contribution in [1.82, 2.24) is 9.97 Å². The normalized spacial score (nSPS) is 14.0. The molecule has 4 N–H and O–H groups in total. The van der Waals surface area contributed by atoms with Gasteiger partial charge in [-0.1, -0.05) is 61.3 Å². The van der Waals surface area contributed by atoms with Gasteiger partial charge < -0.3 is 34.3 Å². The Morgan fingerprint density at radius 3 is 2.02 bits per heavy atom. The van der Waals surface area contributed by atoms with Crippen LogP contribution in [-0.4, -0.2) is 55.8 Å². The molecule has 2 aromatic heterocycles. The number of ether oxygens (including phenoxy) is 2. The second-order valence-electron chi connectivity index (χ2n) is 17.1. The van der Waals surface area contributed by atoms with Gasteiger partial charge in [0.15, 0.2) is 0 Å². The summed E-state index contributed by atoms with van der Waals surface area (Å²) in [6, 6.07) is 20.9. The lowest BCUT2D eigenvalue weighted by molar-refractivity contribution is -0.137. The zero-order valence-electron chi connectivity index (χ0n) is 37.2. The Bertz CT molecular complexity index is 2540. The fourth-order valence-corrected chi connectivity index (χ4v) is 9.56. The van der Waals surface area contributed by atoms with E-state index in [4.69, 9.17) is 52.2 Å². The van der Waals surface area contributed by atoms with Crippen molar-refractivity contribution in [1.29, 1.82) is 0 Å². The summed E-state index contributed by atoms with van der Waals surface area (Å²) in [5.74, 6) is 1.71. The summed E-state index contributed by atoms with van der Waals surface area (Å²) >= 11 is 14.3. The third-order valence-corrected chi connectivity index (χ3v) is 13.1. The molecule has 0 amide bonds. The van der Waals surface area contributed by atoms with Gasteiger partial charge in [0.05, 0.1) is 53.0 Å². The Morgan fingerprint density at radius 1 is 0.785 bits per heavy atom. The lowest BCUT2D eigenvalue weighted by Gasteiger charge is -2.25. The molecule has 0 radical (unpaired) electrons. The minimum absolute atomic E-state index is 0.109. The molecule has 0 aliphatic carbocycles. The zero-order chi connectivity index (χ0) is 47.2. The van der Waals surface area contributed by atoms with Crippen LogP contribution in [0.3, 0.4) is 0 Å². The monoisotopic (exact) mass is 954 g/mol. The number of halogens is 5. The summed E-state index contributed by atoms with van der Waals surface area (Å²) < 4.78 is 58.5. The molecule has 15 heteroatoms. The van der Waals surface area contributed by atoms with Crippen molar-refractivity contribution in [2.45, 2.75) is 109 Å². The van der Waals surface area contributed by atoms with Crippen LogP contribution in [0.2, 0.25) is 10.0 Å². The van der Waals surface area contributed by atoms with Gasteiger partial charge in [-0.15, -0.1) is 11.3 Å². The van der Waals surface area contributed by atoms with E-state index in [2.05, 4.69) is 0 Å². The molecule has 4 atom stereocenters. The van der Waals surface area contributed by atoms with E-state index in [1.807, 2.05) is 52.0 Å². The van der Waals surface area contributed by atoms with Crippen molar-refractivity contribution in [2.75, 3.05) is 19.8 Å². The number of alkyl halides is 3. The molecule has 4 unspecified atom stereocenters. The van der Waals surface area contributed by atoms with Crippen LogP contribution in [0.25, 0.3) is 22.0 Å². The first-order valence-corrected chi connectivity index (χ1v) is 23.1. The molecule has 0 aliphatic heterocycles. The molecule has 0 spiro atoms. The van der Waals surface area contributed by atoms with Crippen LogP contribution in [0, 0.1) is 13.8 Å². The van der Waals surface area contributed by atoms with Gasteiger partial charge in [-0.2, -0.15) is 13.2 Å². The number of aliphatic hydroxyl groups excluding tert-OH is 4. The van der Waals surface area contributed by atoms with Crippen LogP contribution in [-0.2, 0) is 19.0 Å². The van der Waals surface area contributed by atoms with E-state index in [1.54, 1.807) is 44.2 Å². The second kappa shape index (κ2) is 21.4. The van der Waals surface area contributed by atoms with E-state index >= 15 is 0 Å². The fourth-order valence-electron chi connectivity index (χ4n) is 7.87. The van der Waals surface area contributed by atoms with Crippen molar-refractivity contribution in [3.05, 3.63) is 139 Å². The van der Waals surface area contributed by atoms with Crippen LogP contribution in [0.4, 0.5) is 13.2 Å². The van der Waals surface area contributed by atoms with Gasteiger partial charge >= 0.3 is 6.18 Å². The quantitative estimate of drug-likeness (QED) is 0.0589. The molecule has 0 fully saturated rings. The van der Waals surface area contributed by atoms with Crippen molar-refractivity contribution in [3.63, 3.8) is 0 Å². The maximum absolute atomic E-state index is 13.5. The molecule has 0 aliphatic rings. The number of thiazole rings is 1. The van der Waals surface area contributed by atoms with Gasteiger partial charge in [0.1, 0.15) is 34.5 Å². The van der Waals surface area contributed by atoms with Crippen LogP contribution >= 0.6 is 34.5 Å². The highest BCUT2D eigenvalue weighted by Crippen LogP contribution is 2.42. The number of rotatable bonds is 20. The number of benzene rings is 4. The summed E-state index contributed by atoms with van der Waals surface area (Å²) in [5.41, 5.74) is 4.16. The Kier molecular flexibility index (Phi) is 16.5. The maximum atomic E-state index is 13.5. The summed E-state index contributed by atoms with van der Waals surface area (Å²) in [6.45, 7) is 11.3. The Morgan fingerprint density at radius 2 is 1.42 bits per heavy atom. The molecule has 348 valence electrons. The van der Waals surface area contributed by atoms with Crippen molar-refractivity contribution in [2.24, 2.45) is 0 Å². The first kappa shape index (κ1) is 50.0. The molecular formula is C50H55Cl2F3N2O7S. The number of aromatic nitrogens is 2. The minimum Gasteiger partial charge on any atom is -0.491 e. The average Bonchev–Trinajstić information content (AvgIpc) is 3.89. The van der Waals surface area contributed by atoms with Crippen molar-refractivity contribution in [3.8, 4) is 33.5 Å². The smallest absolute Gasteiger partial charge is 0.416 e. The lowest BCUT2D eigenvalue weighted by Crippen LogP contribution is -2.32. The van der Waals surface area contributed by atoms with Gasteiger partial charge in [-0.25, -0.2) is 9.97 Å². The predicted molar refractivity (Wildman–Crippen MR) is 249 cm³/mol. The first-order chi connectivity index (χ1) is 30.8. The Hall–Kier alpha value is -4.47. The summed E-state index contributed by atoms with van der Waals surface area (Å²) in [5, 5.41) is 43.1. The highest BCUT2D eigenvalue weighted by atomic mass is 35.5. The zero-order valence-corrected chi connectivity index (χ0v) is 39.5. The van der Waals surface area contributed by atoms with Gasteiger partial charge in [0, 0.05) is 27.3 Å². The van der Waals surface area contributed by atoms with Crippen LogP contribution < -0.4 is 9.47 Å². The molecule has 0 saturated heterocycles. The summed E-state index contributed by atoms with van der Waals surface area (Å²) in [4.78, 5) is 10.9. The Balaban J connectivity index is 1.28. The summed E-state index contributed by atoms with van der Waals surface area (Å²) in [6.07, 6.45) is -4.09. The average molecular weight is 956 g/mol. The number of oxazole rings is 1. The highest BCUT2D eigenvalue weighted by molar-refractivity contribution is 7.15. The standard InChI is InChI=1S/C50H55Cl2F3N2O7S/c1-28-24-35(62-22-21-58)12-15-37(28)42(60)18-17-41-46(63-47(56-41)39-14-11-34(51)26-40(39)52)31(4)23-30(3)45-44(65-48(57-45)32-7-9-33(10-8-32)50(53,54)55)20-19-43(61)38-16-13-36(25-29(38)2)64-49(5,6)27-59/h7-16,24-26,30-31,42-43,58-61H,17-23,27H2,1-6H3. The van der Waals surface area contributed by atoms with E-state index in [1.165, 1.54) is 23.5 Å². The second-order valence-corrected chi connectivity index (χ2v) is 19.1. The highest BCUT2D eigenvalue weighted by Gasteiger charge is 2.31. The molecule has 6 rings (SSSR count). The van der Waals surface area contributed by atoms with Gasteiger partial charge in [0.2, 0.25) is 5.89 Å². The predicted octanol–water partition coefficient (Wildman–Crippen LogP) is 12.6. The van der Waals surface area contributed by atoms with Crippen molar-refractivity contribution < 1.29 is 47.5 Å².